The number of allylic oxidation sites excluding steroid dienone is 3. The second-order valence-corrected chi connectivity index (χ2v) is 2.70. The Bertz CT molecular complexity index is 101. The van der Waals surface area contributed by atoms with E-state index in [2.05, 4.69) is 6.58 Å². The highest BCUT2D eigenvalue weighted by Crippen LogP contribution is 2.12. The van der Waals surface area contributed by atoms with E-state index in [0.717, 1.165) is 0 Å². The average Bonchev–Trinajstić information content (AvgIpc) is 1.65. The lowest BCUT2D eigenvalue weighted by molar-refractivity contribution is 0.664. The van der Waals surface area contributed by atoms with Gasteiger partial charge in [0.25, 0.3) is 0 Å². The summed E-state index contributed by atoms with van der Waals surface area (Å²) in [5.74, 6) is -0.236. The molecular weight excluding hydrogens is 206 g/mol. The second-order valence-electron chi connectivity index (χ2n) is 1.09. The number of hydrogen-bond donors (Lipinski definition) is 0. The van der Waals surface area contributed by atoms with Gasteiger partial charge in [-0.2, -0.15) is 0 Å². The van der Waals surface area contributed by atoms with Crippen molar-refractivity contribution in [3.05, 3.63) is 22.1 Å². The van der Waals surface area contributed by atoms with Gasteiger partial charge in [-0.25, -0.2) is 4.39 Å². The molecule has 0 nitrogen and oxygen atoms in total. The van der Waals surface area contributed by atoms with Gasteiger partial charge in [-0.3, -0.25) is 0 Å². The van der Waals surface area contributed by atoms with Crippen LogP contribution in [-0.2, 0) is 0 Å². The van der Waals surface area contributed by atoms with Crippen LogP contribution in [0.3, 0.4) is 0 Å². The van der Waals surface area contributed by atoms with Gasteiger partial charge in [-0.1, -0.05) is 6.58 Å². The third kappa shape index (κ3) is 2.79. The maximum atomic E-state index is 12.0. The first-order chi connectivity index (χ1) is 3.18. The molecule has 0 aliphatic rings. The van der Waals surface area contributed by atoms with Crippen LogP contribution in [0.2, 0.25) is 0 Å². The van der Waals surface area contributed by atoms with Gasteiger partial charge >= 0.3 is 0 Å². The highest BCUT2D eigenvalue weighted by molar-refractivity contribution is 14.1. The molecule has 0 radical (unpaired) electrons. The van der Waals surface area contributed by atoms with Gasteiger partial charge in [0, 0.05) is 3.58 Å². The summed E-state index contributed by atoms with van der Waals surface area (Å²) in [5.41, 5.74) is 0. The molecule has 0 atom stereocenters. The molecule has 0 saturated heterocycles. The molecule has 0 fully saturated rings. The SMILES string of the molecule is C=CC(F)=C(C)I. The van der Waals surface area contributed by atoms with E-state index < -0.39 is 0 Å². The third-order valence-corrected chi connectivity index (χ3v) is 1.02. The molecule has 0 aliphatic carbocycles. The Balaban J connectivity index is 3.98. The van der Waals surface area contributed by atoms with Gasteiger partial charge < -0.3 is 0 Å². The Morgan fingerprint density at radius 3 is 2.29 bits per heavy atom. The minimum atomic E-state index is -0.236. The normalized spacial score (nSPS) is 13.0. The first-order valence-corrected chi connectivity index (χ1v) is 2.90. The smallest absolute Gasteiger partial charge is 0.131 e. The van der Waals surface area contributed by atoms with E-state index in [1.807, 2.05) is 22.6 Å². The molecule has 0 aromatic rings. The lowest BCUT2D eigenvalue weighted by Gasteiger charge is -1.83. The summed E-state index contributed by atoms with van der Waals surface area (Å²) in [5, 5.41) is 0. The second kappa shape index (κ2) is 3.18. The molecule has 0 rings (SSSR count). The molecule has 2 heteroatoms. The molecule has 0 aromatic carbocycles. The van der Waals surface area contributed by atoms with E-state index in [1.165, 1.54) is 6.08 Å². The van der Waals surface area contributed by atoms with E-state index in [0.29, 0.717) is 3.58 Å². The van der Waals surface area contributed by atoms with Crippen LogP contribution in [0.5, 0.6) is 0 Å². The molecule has 0 unspecified atom stereocenters. The summed E-state index contributed by atoms with van der Waals surface area (Å²) in [6.45, 7) is 4.94. The number of rotatable bonds is 1. The Kier molecular flexibility index (Phi) is 3.25. The standard InChI is InChI=1S/C5H6FI/c1-3-5(6)4(2)7/h3H,1H2,2H3. The lowest BCUT2D eigenvalue weighted by atomic mass is 10.5. The molecule has 0 heterocycles. The fourth-order valence-electron chi connectivity index (χ4n) is 0.141. The van der Waals surface area contributed by atoms with Crippen LogP contribution in [0.15, 0.2) is 22.1 Å². The van der Waals surface area contributed by atoms with E-state index in [9.17, 15) is 4.39 Å². The minimum absolute atomic E-state index is 0.236. The van der Waals surface area contributed by atoms with Gasteiger partial charge in [0.05, 0.1) is 0 Å². The monoisotopic (exact) mass is 212 g/mol. The van der Waals surface area contributed by atoms with Crippen molar-refractivity contribution >= 4 is 22.6 Å². The Morgan fingerprint density at radius 1 is 1.86 bits per heavy atom. The first-order valence-electron chi connectivity index (χ1n) is 1.82. The predicted molar refractivity (Wildman–Crippen MR) is 38.0 cm³/mol. The van der Waals surface area contributed by atoms with Crippen molar-refractivity contribution in [3.63, 3.8) is 0 Å². The summed E-state index contributed by atoms with van der Waals surface area (Å²) in [6, 6.07) is 0. The van der Waals surface area contributed by atoms with Crippen LogP contribution in [0.25, 0.3) is 0 Å². The van der Waals surface area contributed by atoms with Gasteiger partial charge in [0.1, 0.15) is 5.83 Å². The molecule has 0 N–H and O–H groups in total. The zero-order valence-corrected chi connectivity index (χ0v) is 6.20. The van der Waals surface area contributed by atoms with Crippen molar-refractivity contribution in [2.24, 2.45) is 0 Å². The Morgan fingerprint density at radius 2 is 2.29 bits per heavy atom. The molecule has 40 valence electrons. The zero-order chi connectivity index (χ0) is 5.86. The van der Waals surface area contributed by atoms with Crippen LogP contribution in [-0.4, -0.2) is 0 Å². The molecular formula is C5H6FI. The van der Waals surface area contributed by atoms with E-state index in [-0.39, 0.29) is 5.83 Å². The van der Waals surface area contributed by atoms with Crippen LogP contribution in [0, 0.1) is 0 Å². The van der Waals surface area contributed by atoms with E-state index >= 15 is 0 Å². The van der Waals surface area contributed by atoms with Crippen LogP contribution in [0.4, 0.5) is 4.39 Å². The number of hydrogen-bond acceptors (Lipinski definition) is 0. The number of halogens is 2. The van der Waals surface area contributed by atoms with Crippen molar-refractivity contribution in [1.82, 2.24) is 0 Å². The first kappa shape index (κ1) is 7.14. The van der Waals surface area contributed by atoms with Crippen molar-refractivity contribution in [3.8, 4) is 0 Å². The molecule has 0 aromatic heterocycles. The molecule has 0 amide bonds. The van der Waals surface area contributed by atoms with E-state index in [1.54, 1.807) is 6.92 Å². The van der Waals surface area contributed by atoms with Gasteiger partial charge in [-0.15, -0.1) is 0 Å². The van der Waals surface area contributed by atoms with Crippen molar-refractivity contribution < 1.29 is 4.39 Å². The Hall–Kier alpha value is 0.140. The topological polar surface area (TPSA) is 0 Å². The molecule has 0 spiro atoms. The van der Waals surface area contributed by atoms with Gasteiger partial charge in [0.15, 0.2) is 0 Å². The summed E-state index contributed by atoms with van der Waals surface area (Å²) in [7, 11) is 0. The average molecular weight is 212 g/mol. The molecule has 0 aliphatic heterocycles. The van der Waals surface area contributed by atoms with Crippen LogP contribution in [0.1, 0.15) is 6.92 Å². The molecule has 7 heavy (non-hydrogen) atoms. The van der Waals surface area contributed by atoms with Crippen molar-refractivity contribution in [2.45, 2.75) is 6.92 Å². The summed E-state index contributed by atoms with van der Waals surface area (Å²) >= 11 is 1.90. The quantitative estimate of drug-likeness (QED) is 0.463. The largest absolute Gasteiger partial charge is 0.206 e. The summed E-state index contributed by atoms with van der Waals surface area (Å²) < 4.78 is 12.7. The molecule has 0 bridgehead atoms. The minimum Gasteiger partial charge on any atom is -0.206 e. The summed E-state index contributed by atoms with van der Waals surface area (Å²) in [6.07, 6.45) is 1.20. The third-order valence-electron chi connectivity index (χ3n) is 0.508. The highest BCUT2D eigenvalue weighted by Gasteiger charge is 1.86. The van der Waals surface area contributed by atoms with Gasteiger partial charge in [-0.05, 0) is 35.6 Å². The van der Waals surface area contributed by atoms with Crippen LogP contribution >= 0.6 is 22.6 Å². The maximum absolute atomic E-state index is 12.0. The van der Waals surface area contributed by atoms with Crippen molar-refractivity contribution in [2.75, 3.05) is 0 Å². The molecule has 0 saturated carbocycles. The highest BCUT2D eigenvalue weighted by atomic mass is 127. The van der Waals surface area contributed by atoms with E-state index in [4.69, 9.17) is 0 Å². The van der Waals surface area contributed by atoms with Crippen molar-refractivity contribution in [1.29, 1.82) is 0 Å². The fraction of sp³-hybridized carbons (Fsp3) is 0.200. The predicted octanol–water partition coefficient (Wildman–Crippen LogP) is 2.81. The zero-order valence-electron chi connectivity index (χ0n) is 4.04. The van der Waals surface area contributed by atoms with Crippen LogP contribution < -0.4 is 0 Å². The lowest BCUT2D eigenvalue weighted by Crippen LogP contribution is -1.62. The summed E-state index contributed by atoms with van der Waals surface area (Å²) in [4.78, 5) is 0. The maximum Gasteiger partial charge on any atom is 0.131 e. The fourth-order valence-corrected chi connectivity index (χ4v) is 0.361. The Labute approximate surface area is 56.2 Å². The van der Waals surface area contributed by atoms with Gasteiger partial charge in [0.2, 0.25) is 0 Å².